The second-order valence-corrected chi connectivity index (χ2v) is 5.69. The highest BCUT2D eigenvalue weighted by Gasteiger charge is 2.01. The average molecular weight is 310 g/mol. The van der Waals surface area contributed by atoms with Crippen LogP contribution in [0.4, 0.5) is 5.69 Å². The molecule has 0 atom stereocenters. The molecular formula is C18H16ClN3. The quantitative estimate of drug-likeness (QED) is 0.549. The number of pyridine rings is 1. The first-order valence-corrected chi connectivity index (χ1v) is 7.42. The Morgan fingerprint density at radius 3 is 2.82 bits per heavy atom. The van der Waals surface area contributed by atoms with E-state index >= 15 is 0 Å². The summed E-state index contributed by atoms with van der Waals surface area (Å²) in [5.41, 5.74) is 8.36. The van der Waals surface area contributed by atoms with Crippen molar-refractivity contribution in [1.82, 2.24) is 4.98 Å². The fourth-order valence-electron chi connectivity index (χ4n) is 2.29. The molecule has 0 radical (unpaired) electrons. The highest BCUT2D eigenvalue weighted by molar-refractivity contribution is 6.31. The monoisotopic (exact) mass is 309 g/mol. The van der Waals surface area contributed by atoms with Gasteiger partial charge in [-0.25, -0.2) is 0 Å². The smallest absolute Gasteiger partial charge is 0.0738 e. The highest BCUT2D eigenvalue weighted by Crippen LogP contribution is 2.24. The molecule has 0 aliphatic heterocycles. The van der Waals surface area contributed by atoms with Gasteiger partial charge >= 0.3 is 0 Å². The van der Waals surface area contributed by atoms with Crippen LogP contribution in [-0.4, -0.2) is 11.2 Å². The van der Waals surface area contributed by atoms with Crippen LogP contribution in [0, 0.1) is 13.8 Å². The van der Waals surface area contributed by atoms with Gasteiger partial charge in [0.05, 0.1) is 17.4 Å². The van der Waals surface area contributed by atoms with Gasteiger partial charge < -0.3 is 0 Å². The van der Waals surface area contributed by atoms with E-state index in [1.165, 1.54) is 11.1 Å². The minimum Gasteiger partial charge on any atom is -0.278 e. The van der Waals surface area contributed by atoms with Crippen LogP contribution in [-0.2, 0) is 0 Å². The number of aryl methyl sites for hydroxylation is 2. The molecule has 110 valence electrons. The summed E-state index contributed by atoms with van der Waals surface area (Å²) in [4.78, 5) is 4.32. The van der Waals surface area contributed by atoms with E-state index in [-0.39, 0.29) is 0 Å². The minimum absolute atomic E-state index is 0.677. The molecule has 22 heavy (non-hydrogen) atoms. The van der Waals surface area contributed by atoms with Crippen molar-refractivity contribution >= 4 is 34.4 Å². The van der Waals surface area contributed by atoms with Gasteiger partial charge in [0.1, 0.15) is 0 Å². The Labute approximate surface area is 134 Å². The maximum Gasteiger partial charge on any atom is 0.0738 e. The molecule has 1 heterocycles. The Morgan fingerprint density at radius 1 is 1.09 bits per heavy atom. The predicted octanol–water partition coefficient (Wildman–Crippen LogP) is 4.95. The minimum atomic E-state index is 0.677. The zero-order valence-electron chi connectivity index (χ0n) is 12.5. The number of fused-ring (bicyclic) bond motifs is 1. The van der Waals surface area contributed by atoms with Crippen LogP contribution in [0.15, 0.2) is 53.8 Å². The summed E-state index contributed by atoms with van der Waals surface area (Å²) in [6.07, 6.45) is 3.58. The van der Waals surface area contributed by atoms with Gasteiger partial charge in [0, 0.05) is 16.6 Å². The molecule has 3 rings (SSSR count). The third kappa shape index (κ3) is 3.10. The fourth-order valence-corrected chi connectivity index (χ4v) is 2.46. The highest BCUT2D eigenvalue weighted by atomic mass is 35.5. The van der Waals surface area contributed by atoms with Crippen LogP contribution in [0.5, 0.6) is 0 Å². The number of nitrogens with zero attached hydrogens (tertiary/aromatic N) is 2. The molecule has 0 saturated heterocycles. The molecule has 1 N–H and O–H groups in total. The number of nitrogens with one attached hydrogen (secondary N) is 1. The van der Waals surface area contributed by atoms with Gasteiger partial charge in [-0.2, -0.15) is 5.10 Å². The maximum absolute atomic E-state index is 6.00. The summed E-state index contributed by atoms with van der Waals surface area (Å²) >= 11 is 6.00. The number of halogens is 1. The van der Waals surface area contributed by atoms with Gasteiger partial charge in [0.25, 0.3) is 0 Å². The second-order valence-electron chi connectivity index (χ2n) is 5.25. The van der Waals surface area contributed by atoms with E-state index in [9.17, 15) is 0 Å². The van der Waals surface area contributed by atoms with Gasteiger partial charge in [-0.3, -0.25) is 10.4 Å². The average Bonchev–Trinajstić information content (AvgIpc) is 2.50. The van der Waals surface area contributed by atoms with E-state index in [1.807, 2.05) is 30.5 Å². The summed E-state index contributed by atoms with van der Waals surface area (Å²) in [7, 11) is 0. The molecule has 0 amide bonds. The van der Waals surface area contributed by atoms with Crippen LogP contribution in [0.2, 0.25) is 5.02 Å². The van der Waals surface area contributed by atoms with Gasteiger partial charge in [-0.1, -0.05) is 35.4 Å². The molecule has 0 aliphatic rings. The molecule has 0 saturated carbocycles. The Morgan fingerprint density at radius 2 is 1.95 bits per heavy atom. The standard InChI is InChI=1S/C18H16ClN3/c1-12-3-4-13(2)14(9-12)11-21-22-17-7-8-20-18-10-15(19)5-6-16(17)18/h3-11H,1-2H3,(H,20,22)/b21-11-. The molecular weight excluding hydrogens is 294 g/mol. The number of anilines is 1. The number of aromatic nitrogens is 1. The normalized spacial score (nSPS) is 11.2. The van der Waals surface area contributed by atoms with Crippen molar-refractivity contribution in [2.24, 2.45) is 5.10 Å². The predicted molar refractivity (Wildman–Crippen MR) is 93.9 cm³/mol. The fraction of sp³-hybridized carbons (Fsp3) is 0.111. The van der Waals surface area contributed by atoms with Crippen LogP contribution in [0.1, 0.15) is 16.7 Å². The van der Waals surface area contributed by atoms with E-state index < -0.39 is 0 Å². The summed E-state index contributed by atoms with van der Waals surface area (Å²) in [5, 5.41) is 6.02. The van der Waals surface area contributed by atoms with E-state index in [0.717, 1.165) is 22.2 Å². The van der Waals surface area contributed by atoms with Crippen molar-refractivity contribution in [3.05, 3.63) is 70.4 Å². The topological polar surface area (TPSA) is 37.3 Å². The molecule has 3 aromatic rings. The first kappa shape index (κ1) is 14.5. The summed E-state index contributed by atoms with van der Waals surface area (Å²) < 4.78 is 0. The largest absolute Gasteiger partial charge is 0.278 e. The molecule has 0 aliphatic carbocycles. The van der Waals surface area contributed by atoms with Gasteiger partial charge in [-0.15, -0.1) is 0 Å². The number of hydrogen-bond donors (Lipinski definition) is 1. The summed E-state index contributed by atoms with van der Waals surface area (Å²) in [6.45, 7) is 4.15. The first-order valence-electron chi connectivity index (χ1n) is 7.04. The Balaban J connectivity index is 1.88. The molecule has 0 spiro atoms. The SMILES string of the molecule is Cc1ccc(C)c(/C=N\Nc2ccnc3cc(Cl)ccc23)c1. The summed E-state index contributed by atoms with van der Waals surface area (Å²) in [5.74, 6) is 0. The Bertz CT molecular complexity index is 856. The lowest BCUT2D eigenvalue weighted by Crippen LogP contribution is -1.94. The number of rotatable bonds is 3. The van der Waals surface area contributed by atoms with Gasteiger partial charge in [0.15, 0.2) is 0 Å². The van der Waals surface area contributed by atoms with Crippen molar-refractivity contribution in [1.29, 1.82) is 0 Å². The van der Waals surface area contributed by atoms with Crippen molar-refractivity contribution in [2.75, 3.05) is 5.43 Å². The van der Waals surface area contributed by atoms with Crippen LogP contribution < -0.4 is 5.43 Å². The molecule has 0 unspecified atom stereocenters. The van der Waals surface area contributed by atoms with E-state index in [0.29, 0.717) is 5.02 Å². The lowest BCUT2D eigenvalue weighted by atomic mass is 10.1. The number of benzene rings is 2. The molecule has 3 nitrogen and oxygen atoms in total. The van der Waals surface area contributed by atoms with E-state index in [4.69, 9.17) is 11.6 Å². The maximum atomic E-state index is 6.00. The van der Waals surface area contributed by atoms with Gasteiger partial charge in [-0.05, 0) is 49.2 Å². The number of hydrazone groups is 1. The van der Waals surface area contributed by atoms with Crippen molar-refractivity contribution in [2.45, 2.75) is 13.8 Å². The van der Waals surface area contributed by atoms with Crippen molar-refractivity contribution < 1.29 is 0 Å². The second kappa shape index (κ2) is 6.16. The third-order valence-corrected chi connectivity index (χ3v) is 3.76. The van der Waals surface area contributed by atoms with E-state index in [1.54, 1.807) is 6.20 Å². The zero-order chi connectivity index (χ0) is 15.5. The lowest BCUT2D eigenvalue weighted by molar-refractivity contribution is 1.32. The van der Waals surface area contributed by atoms with Crippen molar-refractivity contribution in [3.8, 4) is 0 Å². The molecule has 4 heteroatoms. The molecule has 0 bridgehead atoms. The summed E-state index contributed by atoms with van der Waals surface area (Å²) in [6, 6.07) is 13.9. The Kier molecular flexibility index (Phi) is 4.07. The van der Waals surface area contributed by atoms with Crippen LogP contribution in [0.25, 0.3) is 10.9 Å². The van der Waals surface area contributed by atoms with E-state index in [2.05, 4.69) is 47.6 Å². The number of hydrogen-bond acceptors (Lipinski definition) is 3. The van der Waals surface area contributed by atoms with Crippen LogP contribution in [0.3, 0.4) is 0 Å². The third-order valence-electron chi connectivity index (χ3n) is 3.53. The Hall–Kier alpha value is -2.39. The molecule has 1 aromatic heterocycles. The van der Waals surface area contributed by atoms with Gasteiger partial charge in [0.2, 0.25) is 0 Å². The van der Waals surface area contributed by atoms with Crippen LogP contribution >= 0.6 is 11.6 Å². The molecule has 2 aromatic carbocycles. The van der Waals surface area contributed by atoms with Crippen molar-refractivity contribution in [3.63, 3.8) is 0 Å². The molecule has 0 fully saturated rings. The first-order chi connectivity index (χ1) is 10.6. The lowest BCUT2D eigenvalue weighted by Gasteiger charge is -2.06. The zero-order valence-corrected chi connectivity index (χ0v) is 13.2.